The summed E-state index contributed by atoms with van der Waals surface area (Å²) in [7, 11) is 3.63. The zero-order chi connectivity index (χ0) is 26.6. The van der Waals surface area contributed by atoms with Crippen LogP contribution in [0.2, 0.25) is 5.02 Å². The molecule has 2 heterocycles. The summed E-state index contributed by atoms with van der Waals surface area (Å²) in [5.41, 5.74) is 4.66. The number of hydrogen-bond donors (Lipinski definition) is 3. The molecule has 0 amide bonds. The minimum absolute atomic E-state index is 0. The fourth-order valence-corrected chi connectivity index (χ4v) is 4.38. The van der Waals surface area contributed by atoms with E-state index in [0.717, 1.165) is 47.1 Å². The van der Waals surface area contributed by atoms with Gasteiger partial charge in [-0.2, -0.15) is 0 Å². The maximum atomic E-state index is 10.2. The first-order valence-electron chi connectivity index (χ1n) is 12.2. The summed E-state index contributed by atoms with van der Waals surface area (Å²) >= 11 is 6.21. The molecule has 1 aliphatic rings. The Bertz CT molecular complexity index is 1180. The maximum Gasteiger partial charge on any atom is 0.142 e. The second-order valence-corrected chi connectivity index (χ2v) is 9.19. The minimum atomic E-state index is -0.560. The van der Waals surface area contributed by atoms with Crippen LogP contribution in [-0.2, 0) is 48.8 Å². The molecule has 203 valence electrons. The number of fused-ring (bicyclic) bond motifs is 3. The van der Waals surface area contributed by atoms with Crippen LogP contribution in [0.15, 0.2) is 42.5 Å². The Kier molecular flexibility index (Phi) is 14.8. The Morgan fingerprint density at radius 3 is 2.66 bits per heavy atom. The molecule has 8 nitrogen and oxygen atoms in total. The van der Waals surface area contributed by atoms with E-state index in [4.69, 9.17) is 31.6 Å². The van der Waals surface area contributed by atoms with Gasteiger partial charge >= 0.3 is 0 Å². The van der Waals surface area contributed by atoms with E-state index < -0.39 is 6.10 Å². The number of nitrogens with zero attached hydrogens (tertiary/aromatic N) is 2. The Hall–Kier alpha value is -1.51. The van der Waals surface area contributed by atoms with Gasteiger partial charge in [-0.05, 0) is 56.3 Å². The van der Waals surface area contributed by atoms with E-state index in [2.05, 4.69) is 21.7 Å². The third-order valence-electron chi connectivity index (χ3n) is 6.00. The standard InChI is InChI=1S/C24H29ClN3O3.C4H6O2.Y/c1-28(11-12-30-2)14-18(29)15-31-19-6-3-16(4-7-19)23-24-20(9-10-26-23)21-13-17(25)5-8-22(21)27-24;1-2-3-4-6-5;/h3-8,13,18,23,27,29H,9-12,14-15H2,1-2H3;5H,4H2,1H3;/q-1;;. The van der Waals surface area contributed by atoms with Crippen molar-refractivity contribution in [3.63, 3.8) is 0 Å². The number of nitrogens with one attached hydrogen (secondary N) is 1. The molecule has 0 saturated heterocycles. The van der Waals surface area contributed by atoms with Crippen LogP contribution in [-0.4, -0.2) is 80.0 Å². The first kappa shape index (κ1) is 32.7. The molecule has 3 N–H and O–H groups in total. The fourth-order valence-electron chi connectivity index (χ4n) is 4.21. The molecule has 3 aromatic rings. The molecule has 0 bridgehead atoms. The van der Waals surface area contributed by atoms with E-state index in [-0.39, 0.29) is 52.0 Å². The number of aliphatic hydroxyl groups is 1. The Morgan fingerprint density at radius 1 is 1.24 bits per heavy atom. The Balaban J connectivity index is 0.000000652. The molecule has 0 fully saturated rings. The number of halogens is 1. The average molecular weight is 618 g/mol. The van der Waals surface area contributed by atoms with Gasteiger partial charge in [0.1, 0.15) is 25.1 Å². The normalized spacial score (nSPS) is 15.0. The van der Waals surface area contributed by atoms with Gasteiger partial charge in [-0.3, -0.25) is 5.26 Å². The van der Waals surface area contributed by atoms with Crippen LogP contribution >= 0.6 is 11.6 Å². The van der Waals surface area contributed by atoms with E-state index in [1.807, 2.05) is 54.4 Å². The molecule has 10 heteroatoms. The Morgan fingerprint density at radius 2 is 2.00 bits per heavy atom. The average Bonchev–Trinajstić information content (AvgIpc) is 3.28. The molecular formula is C28H35ClN3O5Y-. The van der Waals surface area contributed by atoms with Crippen molar-refractivity contribution in [1.29, 1.82) is 0 Å². The number of likely N-dealkylation sites (N-methyl/N-ethyl adjacent to an activating group) is 1. The molecule has 0 aliphatic carbocycles. The second-order valence-electron chi connectivity index (χ2n) is 8.75. The molecule has 0 saturated carbocycles. The van der Waals surface area contributed by atoms with Crippen molar-refractivity contribution in [3.05, 3.63) is 69.6 Å². The molecule has 0 spiro atoms. The van der Waals surface area contributed by atoms with E-state index in [1.165, 1.54) is 10.9 Å². The largest absolute Gasteiger partial charge is 0.650 e. The van der Waals surface area contributed by atoms with Crippen molar-refractivity contribution < 1.29 is 57.4 Å². The smallest absolute Gasteiger partial charge is 0.142 e. The quantitative estimate of drug-likeness (QED) is 0.174. The first-order valence-corrected chi connectivity index (χ1v) is 12.6. The molecular weight excluding hydrogens is 583 g/mol. The van der Waals surface area contributed by atoms with E-state index in [9.17, 15) is 5.11 Å². The van der Waals surface area contributed by atoms with Gasteiger partial charge < -0.3 is 29.8 Å². The summed E-state index contributed by atoms with van der Waals surface area (Å²) in [5.74, 6) is 5.75. The minimum Gasteiger partial charge on any atom is -0.650 e. The summed E-state index contributed by atoms with van der Waals surface area (Å²) in [5, 5.41) is 24.6. The summed E-state index contributed by atoms with van der Waals surface area (Å²) in [6.07, 6.45) is 0.361. The molecule has 1 aliphatic heterocycles. The zero-order valence-electron chi connectivity index (χ0n) is 22.1. The second kappa shape index (κ2) is 17.2. The van der Waals surface area contributed by atoms with Gasteiger partial charge in [0.2, 0.25) is 0 Å². The summed E-state index contributed by atoms with van der Waals surface area (Å²) in [6.45, 7) is 4.78. The molecule has 1 radical (unpaired) electrons. The number of benzene rings is 2. The number of ether oxygens (including phenoxy) is 2. The van der Waals surface area contributed by atoms with Crippen molar-refractivity contribution in [3.8, 4) is 17.6 Å². The van der Waals surface area contributed by atoms with Gasteiger partial charge in [0.15, 0.2) is 0 Å². The van der Waals surface area contributed by atoms with E-state index >= 15 is 0 Å². The topological polar surface area (TPSA) is 101 Å². The van der Waals surface area contributed by atoms with Crippen molar-refractivity contribution >= 4 is 22.5 Å². The van der Waals surface area contributed by atoms with Gasteiger partial charge in [-0.25, -0.2) is 4.89 Å². The predicted molar refractivity (Wildman–Crippen MR) is 146 cm³/mol. The summed E-state index contributed by atoms with van der Waals surface area (Å²) in [6, 6.07) is 13.9. The summed E-state index contributed by atoms with van der Waals surface area (Å²) < 4.78 is 10.8. The number of aromatic amines is 1. The number of rotatable bonds is 10. The molecule has 2 unspecified atom stereocenters. The van der Waals surface area contributed by atoms with E-state index in [1.54, 1.807) is 14.0 Å². The first-order chi connectivity index (χ1) is 18.0. The molecule has 38 heavy (non-hydrogen) atoms. The van der Waals surface area contributed by atoms with Crippen molar-refractivity contribution in [2.75, 3.05) is 53.6 Å². The van der Waals surface area contributed by atoms with Gasteiger partial charge in [0, 0.05) is 74.5 Å². The van der Waals surface area contributed by atoms with Crippen LogP contribution in [0.3, 0.4) is 0 Å². The summed E-state index contributed by atoms with van der Waals surface area (Å²) in [4.78, 5) is 9.18. The number of aliphatic hydroxyl groups excluding tert-OH is 1. The zero-order valence-corrected chi connectivity index (χ0v) is 25.7. The molecule has 1 aromatic heterocycles. The number of H-pyrrole nitrogens is 1. The van der Waals surface area contributed by atoms with Gasteiger partial charge in [-0.1, -0.05) is 41.3 Å². The van der Waals surface area contributed by atoms with Crippen LogP contribution in [0.25, 0.3) is 16.2 Å². The van der Waals surface area contributed by atoms with E-state index in [0.29, 0.717) is 13.2 Å². The van der Waals surface area contributed by atoms with Crippen LogP contribution in [0.5, 0.6) is 5.75 Å². The third kappa shape index (κ3) is 9.60. The van der Waals surface area contributed by atoms with Gasteiger partial charge in [0.25, 0.3) is 0 Å². The fraction of sp³-hybridized carbons (Fsp3) is 0.429. The number of methoxy groups -OCH3 is 1. The number of hydrogen-bond acceptors (Lipinski definition) is 6. The van der Waals surface area contributed by atoms with Crippen molar-refractivity contribution in [1.82, 2.24) is 9.88 Å². The molecule has 2 atom stereocenters. The molecule has 2 aromatic carbocycles. The Labute approximate surface area is 254 Å². The maximum absolute atomic E-state index is 10.2. The monoisotopic (exact) mass is 617 g/mol. The van der Waals surface area contributed by atoms with Gasteiger partial charge in [-0.15, -0.1) is 12.5 Å². The van der Waals surface area contributed by atoms with Crippen LogP contribution < -0.4 is 4.74 Å². The predicted octanol–water partition coefficient (Wildman–Crippen LogP) is 4.66. The SMILES string of the molecule is CC#CCOO.COCCN(C)CC(O)COc1ccc(C2[N-]CCc3c2[nH]c2ccc(Cl)cc32)cc1.[Y]. The third-order valence-corrected chi connectivity index (χ3v) is 6.23. The van der Waals surface area contributed by atoms with Crippen molar-refractivity contribution in [2.24, 2.45) is 0 Å². The van der Waals surface area contributed by atoms with Crippen molar-refractivity contribution in [2.45, 2.75) is 25.5 Å². The van der Waals surface area contributed by atoms with Crippen LogP contribution in [0.4, 0.5) is 0 Å². The number of aromatic nitrogens is 1. The van der Waals surface area contributed by atoms with Crippen LogP contribution in [0.1, 0.15) is 29.8 Å². The molecule has 4 rings (SSSR count). The van der Waals surface area contributed by atoms with Gasteiger partial charge in [0.05, 0.1) is 6.61 Å². The van der Waals surface area contributed by atoms with Crippen LogP contribution in [0, 0.1) is 11.8 Å².